The van der Waals surface area contributed by atoms with Gasteiger partial charge in [-0.05, 0) is 26.2 Å². The molecule has 2 atom stereocenters. The van der Waals surface area contributed by atoms with Crippen LogP contribution in [0, 0.1) is 5.92 Å². The average Bonchev–Trinajstić information content (AvgIpc) is 2.43. The number of amides is 1. The predicted molar refractivity (Wildman–Crippen MR) is 68.4 cm³/mol. The van der Waals surface area contributed by atoms with Gasteiger partial charge in [-0.3, -0.25) is 4.79 Å². The molecule has 0 bridgehead atoms. The van der Waals surface area contributed by atoms with Crippen molar-refractivity contribution in [2.45, 2.75) is 39.2 Å². The number of rotatable bonds is 5. The summed E-state index contributed by atoms with van der Waals surface area (Å²) in [5.74, 6) is -0.0110. The van der Waals surface area contributed by atoms with Crippen molar-refractivity contribution in [3.63, 3.8) is 0 Å². The molecular formula is C12H23N3O3. The fraction of sp³-hybridized carbons (Fsp3) is 0.833. The minimum absolute atomic E-state index is 0.00906. The molecule has 0 aromatic carbocycles. The van der Waals surface area contributed by atoms with Crippen LogP contribution in [0.3, 0.4) is 0 Å². The second-order valence-corrected chi connectivity index (χ2v) is 4.66. The number of hydrogen-bond donors (Lipinski definition) is 2. The molecule has 1 rings (SSSR count). The number of nitrogens with zero attached hydrogens (tertiary/aromatic N) is 2. The van der Waals surface area contributed by atoms with E-state index >= 15 is 0 Å². The van der Waals surface area contributed by atoms with Crippen LogP contribution in [0.1, 0.15) is 33.1 Å². The predicted octanol–water partition coefficient (Wildman–Crippen LogP) is 0.786. The molecular weight excluding hydrogens is 234 g/mol. The number of hydrogen-bond acceptors (Lipinski definition) is 4. The molecule has 6 heteroatoms. The van der Waals surface area contributed by atoms with Crippen LogP contribution in [0.4, 0.5) is 0 Å². The quantitative estimate of drug-likeness (QED) is 0.330. The fourth-order valence-electron chi connectivity index (χ4n) is 2.04. The van der Waals surface area contributed by atoms with Gasteiger partial charge in [0.1, 0.15) is 11.9 Å². The number of ether oxygens (including phenoxy) is 1. The lowest BCUT2D eigenvalue weighted by Crippen LogP contribution is -2.45. The number of oxime groups is 1. The Balaban J connectivity index is 2.56. The van der Waals surface area contributed by atoms with E-state index < -0.39 is 0 Å². The Bertz CT molecular complexity index is 301. The standard InChI is InChI=1S/C12H23N3O3/c1-3-15(8-9(2)11(13)14-17)12(16)10-6-4-5-7-18-10/h9-10,17H,3-8H2,1-2H3,(H2,13,14). The molecule has 0 aromatic heterocycles. The van der Waals surface area contributed by atoms with Crippen molar-refractivity contribution in [2.75, 3.05) is 19.7 Å². The molecule has 1 fully saturated rings. The van der Waals surface area contributed by atoms with Crippen molar-refractivity contribution in [1.82, 2.24) is 4.90 Å². The van der Waals surface area contributed by atoms with Crippen LogP contribution in [0.25, 0.3) is 0 Å². The smallest absolute Gasteiger partial charge is 0.251 e. The first-order valence-electron chi connectivity index (χ1n) is 6.48. The van der Waals surface area contributed by atoms with Crippen LogP contribution in [0.15, 0.2) is 5.16 Å². The second kappa shape index (κ2) is 7.20. The van der Waals surface area contributed by atoms with E-state index in [1.807, 2.05) is 13.8 Å². The van der Waals surface area contributed by atoms with Crippen LogP contribution >= 0.6 is 0 Å². The zero-order valence-electron chi connectivity index (χ0n) is 11.1. The van der Waals surface area contributed by atoms with Crippen LogP contribution in [-0.4, -0.2) is 47.7 Å². The number of likely N-dealkylation sites (N-methyl/N-ethyl adjacent to an activating group) is 1. The lowest BCUT2D eigenvalue weighted by molar-refractivity contribution is -0.146. The first-order chi connectivity index (χ1) is 8.60. The summed E-state index contributed by atoms with van der Waals surface area (Å²) in [6, 6.07) is 0. The van der Waals surface area contributed by atoms with Crippen molar-refractivity contribution < 1.29 is 14.7 Å². The highest BCUT2D eigenvalue weighted by atomic mass is 16.5. The third kappa shape index (κ3) is 3.87. The van der Waals surface area contributed by atoms with Gasteiger partial charge in [-0.25, -0.2) is 0 Å². The molecule has 0 aliphatic carbocycles. The largest absolute Gasteiger partial charge is 0.409 e. The molecule has 18 heavy (non-hydrogen) atoms. The zero-order valence-corrected chi connectivity index (χ0v) is 11.1. The Morgan fingerprint density at radius 2 is 2.33 bits per heavy atom. The van der Waals surface area contributed by atoms with Gasteiger partial charge in [0.2, 0.25) is 0 Å². The highest BCUT2D eigenvalue weighted by molar-refractivity contribution is 5.84. The van der Waals surface area contributed by atoms with E-state index in [1.165, 1.54) is 0 Å². The topological polar surface area (TPSA) is 88.1 Å². The van der Waals surface area contributed by atoms with Crippen LogP contribution in [0.5, 0.6) is 0 Å². The van der Waals surface area contributed by atoms with Crippen LogP contribution < -0.4 is 5.73 Å². The first kappa shape index (κ1) is 14.8. The van der Waals surface area contributed by atoms with E-state index in [0.29, 0.717) is 19.7 Å². The monoisotopic (exact) mass is 257 g/mol. The number of carbonyl (C=O) groups is 1. The molecule has 1 amide bonds. The third-order valence-corrected chi connectivity index (χ3v) is 3.26. The SMILES string of the molecule is CCN(CC(C)C(N)=NO)C(=O)C1CCCCO1. The van der Waals surface area contributed by atoms with E-state index in [0.717, 1.165) is 19.3 Å². The Hall–Kier alpha value is -1.30. The van der Waals surface area contributed by atoms with E-state index in [4.69, 9.17) is 15.7 Å². The van der Waals surface area contributed by atoms with Crippen molar-refractivity contribution in [3.8, 4) is 0 Å². The van der Waals surface area contributed by atoms with Gasteiger partial charge in [0.15, 0.2) is 0 Å². The van der Waals surface area contributed by atoms with Gasteiger partial charge in [-0.15, -0.1) is 0 Å². The van der Waals surface area contributed by atoms with Crippen molar-refractivity contribution >= 4 is 11.7 Å². The van der Waals surface area contributed by atoms with Crippen LogP contribution in [-0.2, 0) is 9.53 Å². The molecule has 6 nitrogen and oxygen atoms in total. The maximum atomic E-state index is 12.2. The summed E-state index contributed by atoms with van der Waals surface area (Å²) in [6.07, 6.45) is 2.52. The molecule has 1 saturated heterocycles. The van der Waals surface area contributed by atoms with Crippen molar-refractivity contribution in [1.29, 1.82) is 0 Å². The molecule has 0 aromatic rings. The minimum atomic E-state index is -0.321. The van der Waals surface area contributed by atoms with Gasteiger partial charge in [0.05, 0.1) is 0 Å². The molecule has 0 saturated carbocycles. The lowest BCUT2D eigenvalue weighted by Gasteiger charge is -2.30. The minimum Gasteiger partial charge on any atom is -0.409 e. The number of amidine groups is 1. The van der Waals surface area contributed by atoms with E-state index in [-0.39, 0.29) is 23.8 Å². The van der Waals surface area contributed by atoms with Gasteiger partial charge in [-0.2, -0.15) is 0 Å². The summed E-state index contributed by atoms with van der Waals surface area (Å²) in [4.78, 5) is 13.9. The Kier molecular flexibility index (Phi) is 5.91. The molecule has 104 valence electrons. The maximum Gasteiger partial charge on any atom is 0.251 e. The third-order valence-electron chi connectivity index (χ3n) is 3.26. The summed E-state index contributed by atoms with van der Waals surface area (Å²) in [5.41, 5.74) is 5.53. The van der Waals surface area contributed by atoms with Gasteiger partial charge in [0, 0.05) is 25.6 Å². The van der Waals surface area contributed by atoms with Crippen molar-refractivity contribution in [3.05, 3.63) is 0 Å². The Labute approximate surface area is 108 Å². The molecule has 1 aliphatic heterocycles. The molecule has 3 N–H and O–H groups in total. The average molecular weight is 257 g/mol. The van der Waals surface area contributed by atoms with Gasteiger partial charge < -0.3 is 20.6 Å². The Morgan fingerprint density at radius 3 is 2.83 bits per heavy atom. The lowest BCUT2D eigenvalue weighted by atomic mass is 10.1. The Morgan fingerprint density at radius 1 is 1.61 bits per heavy atom. The fourth-order valence-corrected chi connectivity index (χ4v) is 2.04. The van der Waals surface area contributed by atoms with Gasteiger partial charge in [-0.1, -0.05) is 12.1 Å². The first-order valence-corrected chi connectivity index (χ1v) is 6.48. The highest BCUT2D eigenvalue weighted by Crippen LogP contribution is 2.15. The summed E-state index contributed by atoms with van der Waals surface area (Å²) in [5, 5.41) is 11.6. The number of carbonyl (C=O) groups excluding carboxylic acids is 1. The number of nitrogens with two attached hydrogens (primary N) is 1. The normalized spacial score (nSPS) is 22.6. The van der Waals surface area contributed by atoms with Crippen molar-refractivity contribution in [2.24, 2.45) is 16.8 Å². The molecule has 1 heterocycles. The molecule has 2 unspecified atom stereocenters. The molecule has 0 radical (unpaired) electrons. The summed E-state index contributed by atoms with van der Waals surface area (Å²) in [7, 11) is 0. The van der Waals surface area contributed by atoms with Gasteiger partial charge in [0.25, 0.3) is 5.91 Å². The zero-order chi connectivity index (χ0) is 13.5. The summed E-state index contributed by atoms with van der Waals surface area (Å²) in [6.45, 7) is 5.45. The summed E-state index contributed by atoms with van der Waals surface area (Å²) < 4.78 is 5.49. The van der Waals surface area contributed by atoms with E-state index in [2.05, 4.69) is 5.16 Å². The molecule has 0 spiro atoms. The van der Waals surface area contributed by atoms with Gasteiger partial charge >= 0.3 is 0 Å². The maximum absolute atomic E-state index is 12.2. The van der Waals surface area contributed by atoms with Crippen LogP contribution in [0.2, 0.25) is 0 Å². The highest BCUT2D eigenvalue weighted by Gasteiger charge is 2.27. The van der Waals surface area contributed by atoms with E-state index in [1.54, 1.807) is 4.90 Å². The second-order valence-electron chi connectivity index (χ2n) is 4.66. The summed E-state index contributed by atoms with van der Waals surface area (Å²) >= 11 is 0. The van der Waals surface area contributed by atoms with E-state index in [9.17, 15) is 4.79 Å². The molecule has 1 aliphatic rings.